The van der Waals surface area contributed by atoms with Gasteiger partial charge in [-0.2, -0.15) is 0 Å². The van der Waals surface area contributed by atoms with Crippen LogP contribution in [-0.4, -0.2) is 194 Å². The number of allylic oxidation sites excluding steroid dienone is 4. The number of fused-ring (bicyclic) bond motifs is 9. The molecule has 0 saturated carbocycles. The number of carbonyl (C=O) groups excluding carboxylic acids is 1. The summed E-state index contributed by atoms with van der Waals surface area (Å²) in [6.45, 7) is 16.4. The Morgan fingerprint density at radius 2 is 0.864 bits per heavy atom. The van der Waals surface area contributed by atoms with Gasteiger partial charge in [0.2, 0.25) is 0 Å². The molecule has 18 rings (SSSR count). The monoisotopic (exact) mass is 1210 g/mol. The van der Waals surface area contributed by atoms with Crippen LogP contribution in [-0.2, 0) is 46.1 Å². The number of aromatic nitrogens is 10. The molecule has 9 saturated heterocycles. The highest BCUT2D eigenvalue weighted by molar-refractivity contribution is 5.84. The van der Waals surface area contributed by atoms with Gasteiger partial charge in [-0.3, -0.25) is 37.8 Å². The van der Waals surface area contributed by atoms with Gasteiger partial charge >= 0.3 is 0 Å². The predicted molar refractivity (Wildman–Crippen MR) is 341 cm³/mol. The van der Waals surface area contributed by atoms with Crippen molar-refractivity contribution in [2.24, 2.45) is 11.8 Å². The fraction of sp³-hybridized carbons (Fsp3) is 0.632. The van der Waals surface area contributed by atoms with E-state index >= 15 is 0 Å². The normalized spacial score (nSPS) is 22.9. The van der Waals surface area contributed by atoms with Crippen molar-refractivity contribution in [3.05, 3.63) is 101 Å². The summed E-state index contributed by atoms with van der Waals surface area (Å²) in [7, 11) is 0. The molecule has 7 aromatic rings. The molecule has 16 heterocycles. The molecule has 11 aliphatic rings. The Kier molecular flexibility index (Phi) is 20.0. The molecule has 20 heteroatoms. The highest BCUT2D eigenvalue weighted by Crippen LogP contribution is 2.41. The van der Waals surface area contributed by atoms with Crippen LogP contribution in [0.25, 0.3) is 39.3 Å². The first-order valence-corrected chi connectivity index (χ1v) is 32.2. The highest BCUT2D eigenvalue weighted by atomic mass is 16.5. The number of nitrogens with one attached hydrogen (secondary N) is 2. The van der Waals surface area contributed by atoms with E-state index in [2.05, 4.69) is 80.0 Å². The Morgan fingerprint density at radius 3 is 1.28 bits per heavy atom. The molecule has 0 unspecified atom stereocenters. The van der Waals surface area contributed by atoms with Crippen molar-refractivity contribution in [2.75, 3.05) is 119 Å². The van der Waals surface area contributed by atoms with Crippen LogP contribution in [0, 0.1) is 11.8 Å². The van der Waals surface area contributed by atoms with Gasteiger partial charge < -0.3 is 38.7 Å². The lowest BCUT2D eigenvalue weighted by Crippen LogP contribution is -2.51. The number of ether oxygens (including phenoxy) is 6. The van der Waals surface area contributed by atoms with E-state index < -0.39 is 0 Å². The lowest BCUT2D eigenvalue weighted by atomic mass is 9.90. The number of piperidine rings is 3. The molecular weight excluding hydrogens is 1110 g/mol. The third-order valence-electron chi connectivity index (χ3n) is 20.4. The summed E-state index contributed by atoms with van der Waals surface area (Å²) < 4.78 is 38.8. The molecular formula is C68H95N13O7. The maximum absolute atomic E-state index is 9.77. The number of likely N-dealkylation sites (tertiary alicyclic amines) is 2. The van der Waals surface area contributed by atoms with E-state index in [0.717, 1.165) is 179 Å². The van der Waals surface area contributed by atoms with Crippen molar-refractivity contribution < 1.29 is 33.2 Å². The fourth-order valence-electron chi connectivity index (χ4n) is 15.1. The van der Waals surface area contributed by atoms with Crippen LogP contribution in [0.4, 0.5) is 0 Å². The smallest absolute Gasteiger partial charge is 0.184 e. The molecule has 0 amide bonds. The second kappa shape index (κ2) is 28.1. The van der Waals surface area contributed by atoms with E-state index in [0.29, 0.717) is 60.8 Å². The number of rotatable bonds is 8. The second-order valence-corrected chi connectivity index (χ2v) is 25.4. The zero-order valence-corrected chi connectivity index (χ0v) is 49.2. The Hall–Kier alpha value is -5.81. The molecule has 2 aliphatic carbocycles. The number of imidazole rings is 3. The maximum atomic E-state index is 9.77. The first kappa shape index (κ1) is 62.4. The lowest BCUT2D eigenvalue weighted by Gasteiger charge is -2.41. The number of nitrogens with zero attached hydrogens (tertiary/aromatic N) is 11. The van der Waals surface area contributed by atoms with Crippen LogP contribution >= 0.6 is 0 Å². The summed E-state index contributed by atoms with van der Waals surface area (Å²) in [5.74, 6) is 3.64. The first-order chi connectivity index (χ1) is 42.0. The SMILES string of the molecule is C.C.C.C1=C(C2CCOCC2)c2c(ncc3nc(C4CCN(C5COC5)CC4)cn23)C1.C1=C(C2CCOCC2)c2c(ncc3nc(C4CCNCC4)cn23)C1.O=C1COC1.c1[nH]c2ncc3nc(C4CCN(C5COC5)CC4)cn3c2c1C1CCOCC1. The van der Waals surface area contributed by atoms with Gasteiger partial charge in [-0.25, -0.2) is 19.9 Å². The van der Waals surface area contributed by atoms with Gasteiger partial charge in [0.15, 0.2) is 28.4 Å². The molecule has 88 heavy (non-hydrogen) atoms. The average molecular weight is 1210 g/mol. The molecule has 9 aliphatic heterocycles. The second-order valence-electron chi connectivity index (χ2n) is 25.4. The minimum atomic E-state index is 0. The maximum Gasteiger partial charge on any atom is 0.184 e. The molecule has 0 radical (unpaired) electrons. The molecule has 7 aromatic heterocycles. The summed E-state index contributed by atoms with van der Waals surface area (Å²) in [6.07, 6.45) is 35.2. The van der Waals surface area contributed by atoms with Crippen molar-refractivity contribution >= 4 is 45.0 Å². The topological polar surface area (TPSA) is 197 Å². The summed E-state index contributed by atoms with van der Waals surface area (Å²) in [5.41, 5.74) is 18.2. The summed E-state index contributed by atoms with van der Waals surface area (Å²) in [4.78, 5) is 47.3. The van der Waals surface area contributed by atoms with Crippen LogP contribution < -0.4 is 5.32 Å². The van der Waals surface area contributed by atoms with Crippen LogP contribution in [0.15, 0.2) is 55.5 Å². The lowest BCUT2D eigenvalue weighted by molar-refractivity contribution is -0.140. The Morgan fingerprint density at radius 1 is 0.455 bits per heavy atom. The molecule has 0 aromatic carbocycles. The van der Waals surface area contributed by atoms with Gasteiger partial charge in [-0.05, 0) is 151 Å². The Bertz CT molecular complexity index is 3530. The number of aromatic amines is 1. The molecule has 0 atom stereocenters. The van der Waals surface area contributed by atoms with E-state index in [1.807, 2.05) is 18.6 Å². The van der Waals surface area contributed by atoms with Crippen molar-refractivity contribution in [1.29, 1.82) is 0 Å². The van der Waals surface area contributed by atoms with Gasteiger partial charge in [-0.15, -0.1) is 0 Å². The standard InChI is InChI=1S/C22H28N4O2.C21H27N5O2.C19H24N4O.C3H4O2.3CH4/c1-2-19-22(18(1)15-5-9-27-10-6-15)26-12-20(24-21(26)11-23-19)16-3-7-25(8-4-16)17-13-28-14-17;1-5-25(16-12-28-13-16)6-2-15(1)18-11-26-19(24-18)10-23-21-20(26)17(9-22-21)14-3-7-27-8-4-14;1-2-16-19(15(1)13-5-9-24-10-6-13)23-12-17(22-18(23)11-21-16)14-3-7-20-8-4-14;4-3-1-5-2-3;;;/h1,11-12,15-17H,2-10,13-14H2;9-11,14-16,22H,1-8,12-13H2;1,11-14,20H,2-10H2;1-2H2;3*1H4. The number of H-pyrrole nitrogens is 1. The van der Waals surface area contributed by atoms with E-state index in [-0.39, 0.29) is 28.1 Å². The number of carbonyl (C=O) groups is 1. The fourth-order valence-corrected chi connectivity index (χ4v) is 15.1. The highest BCUT2D eigenvalue weighted by Gasteiger charge is 2.35. The average Bonchev–Trinajstić information content (AvgIpc) is 1.76. The van der Waals surface area contributed by atoms with E-state index in [1.165, 1.54) is 101 Å². The molecule has 0 bridgehead atoms. The number of hydrogen-bond donors (Lipinski definition) is 2. The zero-order valence-electron chi connectivity index (χ0n) is 49.2. The Balaban J connectivity index is 0.000000122. The first-order valence-electron chi connectivity index (χ1n) is 32.2. The minimum absolute atomic E-state index is 0. The Labute approximate surface area is 518 Å². The number of Topliss-reactive ketones (excluding diaryl/α,β-unsaturated/α-hetero) is 1. The molecule has 20 nitrogen and oxygen atoms in total. The van der Waals surface area contributed by atoms with E-state index in [1.54, 1.807) is 0 Å². The molecule has 0 spiro atoms. The van der Waals surface area contributed by atoms with Gasteiger partial charge in [0.05, 0.1) is 102 Å². The predicted octanol–water partition coefficient (Wildman–Crippen LogP) is 9.41. The summed E-state index contributed by atoms with van der Waals surface area (Å²) >= 11 is 0. The third kappa shape index (κ3) is 12.8. The van der Waals surface area contributed by atoms with Crippen molar-refractivity contribution in [3.63, 3.8) is 0 Å². The van der Waals surface area contributed by atoms with Crippen molar-refractivity contribution in [3.8, 4) is 0 Å². The largest absolute Gasteiger partial charge is 0.381 e. The van der Waals surface area contributed by atoms with Crippen LogP contribution in [0.2, 0.25) is 0 Å². The third-order valence-corrected chi connectivity index (χ3v) is 20.4. The van der Waals surface area contributed by atoms with E-state index in [4.69, 9.17) is 48.6 Å². The van der Waals surface area contributed by atoms with Crippen LogP contribution in [0.3, 0.4) is 0 Å². The van der Waals surface area contributed by atoms with Gasteiger partial charge in [0, 0.05) is 95.0 Å². The van der Waals surface area contributed by atoms with Crippen LogP contribution in [0.1, 0.15) is 168 Å². The van der Waals surface area contributed by atoms with Crippen LogP contribution in [0.5, 0.6) is 0 Å². The number of ketones is 1. The molecule has 2 N–H and O–H groups in total. The van der Waals surface area contributed by atoms with Gasteiger partial charge in [0.1, 0.15) is 13.2 Å². The van der Waals surface area contributed by atoms with E-state index in [9.17, 15) is 4.79 Å². The molecule has 474 valence electrons. The summed E-state index contributed by atoms with van der Waals surface area (Å²) in [5, 5.41) is 3.44. The van der Waals surface area contributed by atoms with Gasteiger partial charge in [0.25, 0.3) is 0 Å². The molecule has 9 fully saturated rings. The van der Waals surface area contributed by atoms with Crippen molar-refractivity contribution in [2.45, 2.75) is 148 Å². The number of hydrogen-bond acceptors (Lipinski definition) is 16. The van der Waals surface area contributed by atoms with Gasteiger partial charge in [-0.1, -0.05) is 34.4 Å². The quantitative estimate of drug-likeness (QED) is 0.146. The minimum Gasteiger partial charge on any atom is -0.381 e. The zero-order chi connectivity index (χ0) is 56.6. The van der Waals surface area contributed by atoms with Crippen molar-refractivity contribution in [1.82, 2.24) is 63.2 Å². The summed E-state index contributed by atoms with van der Waals surface area (Å²) in [6, 6.07) is 1.30.